The summed E-state index contributed by atoms with van der Waals surface area (Å²) in [5.74, 6) is 0. The Balaban J connectivity index is 1.81. The van der Waals surface area contributed by atoms with Crippen LogP contribution in [0, 0.1) is 0 Å². The monoisotopic (exact) mass is 240 g/mol. The minimum absolute atomic E-state index is 0.113. The highest BCUT2D eigenvalue weighted by atomic mass is 16.3. The summed E-state index contributed by atoms with van der Waals surface area (Å²) < 4.78 is 0. The zero-order valence-corrected chi connectivity index (χ0v) is 11.2. The molecule has 0 amide bonds. The molecule has 2 rings (SSSR count). The molecule has 1 aliphatic carbocycles. The second kappa shape index (κ2) is 6.72. The van der Waals surface area contributed by atoms with Gasteiger partial charge in [-0.2, -0.15) is 0 Å². The number of hydrogen-bond donors (Lipinski definition) is 2. The summed E-state index contributed by atoms with van der Waals surface area (Å²) in [6, 6.07) is 0.976. The second-order valence-corrected chi connectivity index (χ2v) is 5.91. The maximum Gasteiger partial charge on any atom is 0.0693 e. The van der Waals surface area contributed by atoms with Gasteiger partial charge in [0.15, 0.2) is 0 Å². The topological polar surface area (TPSA) is 35.5 Å². The Labute approximate surface area is 106 Å². The number of likely N-dealkylation sites (tertiary alicyclic amines) is 1. The van der Waals surface area contributed by atoms with Crippen LogP contribution in [0.1, 0.15) is 51.4 Å². The van der Waals surface area contributed by atoms with E-state index in [2.05, 4.69) is 17.3 Å². The van der Waals surface area contributed by atoms with Gasteiger partial charge in [0, 0.05) is 12.1 Å². The third-order valence-corrected chi connectivity index (χ3v) is 4.38. The highest BCUT2D eigenvalue weighted by molar-refractivity contribution is 4.84. The molecular formula is C14H28N2O. The molecule has 2 fully saturated rings. The van der Waals surface area contributed by atoms with E-state index in [0.29, 0.717) is 12.1 Å². The average molecular weight is 240 g/mol. The van der Waals surface area contributed by atoms with Crippen LogP contribution in [0.15, 0.2) is 0 Å². The molecule has 0 aromatic carbocycles. The zero-order chi connectivity index (χ0) is 12.1. The van der Waals surface area contributed by atoms with Crippen molar-refractivity contribution in [2.24, 2.45) is 0 Å². The summed E-state index contributed by atoms with van der Waals surface area (Å²) in [6.07, 6.45) is 9.61. The largest absolute Gasteiger partial charge is 0.392 e. The number of nitrogens with one attached hydrogen (secondary N) is 1. The molecule has 3 nitrogen and oxygen atoms in total. The summed E-state index contributed by atoms with van der Waals surface area (Å²) in [5, 5.41) is 13.9. The van der Waals surface area contributed by atoms with Gasteiger partial charge in [0.2, 0.25) is 0 Å². The summed E-state index contributed by atoms with van der Waals surface area (Å²) in [5.41, 5.74) is 0. The van der Waals surface area contributed by atoms with E-state index in [1.807, 2.05) is 0 Å². The summed E-state index contributed by atoms with van der Waals surface area (Å²) >= 11 is 0. The molecule has 100 valence electrons. The second-order valence-electron chi connectivity index (χ2n) is 5.91. The van der Waals surface area contributed by atoms with Crippen molar-refractivity contribution >= 4 is 0 Å². The first-order valence-corrected chi connectivity index (χ1v) is 7.38. The van der Waals surface area contributed by atoms with E-state index in [0.717, 1.165) is 12.8 Å². The molecule has 1 saturated heterocycles. The molecule has 3 unspecified atom stereocenters. The molecule has 0 bridgehead atoms. The van der Waals surface area contributed by atoms with E-state index in [4.69, 9.17) is 0 Å². The number of aliphatic hydroxyl groups is 1. The van der Waals surface area contributed by atoms with Gasteiger partial charge in [-0.3, -0.25) is 0 Å². The van der Waals surface area contributed by atoms with E-state index in [-0.39, 0.29) is 6.10 Å². The average Bonchev–Trinajstić information content (AvgIpc) is 2.63. The lowest BCUT2D eigenvalue weighted by Gasteiger charge is -2.27. The third-order valence-electron chi connectivity index (χ3n) is 4.38. The van der Waals surface area contributed by atoms with E-state index in [1.165, 1.54) is 51.6 Å². The Bertz CT molecular complexity index is 222. The molecule has 3 heteroatoms. The summed E-state index contributed by atoms with van der Waals surface area (Å²) in [6.45, 7) is 2.42. The predicted octanol–water partition coefficient (Wildman–Crippen LogP) is 1.75. The van der Waals surface area contributed by atoms with Crippen molar-refractivity contribution in [2.75, 3.05) is 20.1 Å². The minimum Gasteiger partial charge on any atom is -0.392 e. The smallest absolute Gasteiger partial charge is 0.0693 e. The third kappa shape index (κ3) is 4.23. The van der Waals surface area contributed by atoms with Crippen LogP contribution in [0.25, 0.3) is 0 Å². The zero-order valence-electron chi connectivity index (χ0n) is 11.2. The SMILES string of the molecule is CN1CCCC(NC2CCCCCC2O)CC1. The van der Waals surface area contributed by atoms with Gasteiger partial charge in [0.1, 0.15) is 0 Å². The van der Waals surface area contributed by atoms with Crippen molar-refractivity contribution < 1.29 is 5.11 Å². The predicted molar refractivity (Wildman–Crippen MR) is 71.2 cm³/mol. The number of hydrogen-bond acceptors (Lipinski definition) is 3. The van der Waals surface area contributed by atoms with Crippen LogP contribution in [0.3, 0.4) is 0 Å². The lowest BCUT2D eigenvalue weighted by molar-refractivity contribution is 0.112. The van der Waals surface area contributed by atoms with Crippen LogP contribution < -0.4 is 5.32 Å². The quantitative estimate of drug-likeness (QED) is 0.722. The van der Waals surface area contributed by atoms with E-state index in [1.54, 1.807) is 0 Å². The standard InChI is InChI=1S/C14H28N2O/c1-16-10-5-6-12(9-11-16)15-13-7-3-2-4-8-14(13)17/h12-15,17H,2-11H2,1H3. The van der Waals surface area contributed by atoms with Gasteiger partial charge >= 0.3 is 0 Å². The number of rotatable bonds is 2. The molecule has 0 aromatic rings. The number of aliphatic hydroxyl groups excluding tert-OH is 1. The van der Waals surface area contributed by atoms with Crippen molar-refractivity contribution in [1.29, 1.82) is 0 Å². The summed E-state index contributed by atoms with van der Waals surface area (Å²) in [4.78, 5) is 2.42. The lowest BCUT2D eigenvalue weighted by Crippen LogP contribution is -2.45. The van der Waals surface area contributed by atoms with Gasteiger partial charge in [0.05, 0.1) is 6.10 Å². The number of nitrogens with zero attached hydrogens (tertiary/aromatic N) is 1. The van der Waals surface area contributed by atoms with Crippen LogP contribution in [0.2, 0.25) is 0 Å². The Morgan fingerprint density at radius 2 is 1.76 bits per heavy atom. The molecule has 2 aliphatic rings. The lowest BCUT2D eigenvalue weighted by atomic mass is 10.0. The molecule has 1 saturated carbocycles. The fraction of sp³-hybridized carbons (Fsp3) is 1.00. The van der Waals surface area contributed by atoms with Crippen LogP contribution in [0.5, 0.6) is 0 Å². The van der Waals surface area contributed by atoms with E-state index in [9.17, 15) is 5.11 Å². The maximum atomic E-state index is 10.1. The van der Waals surface area contributed by atoms with Gasteiger partial charge in [0.25, 0.3) is 0 Å². The highest BCUT2D eigenvalue weighted by Gasteiger charge is 2.24. The van der Waals surface area contributed by atoms with Gasteiger partial charge in [-0.1, -0.05) is 19.3 Å². The first-order valence-electron chi connectivity index (χ1n) is 7.38. The van der Waals surface area contributed by atoms with Crippen molar-refractivity contribution in [3.05, 3.63) is 0 Å². The van der Waals surface area contributed by atoms with E-state index < -0.39 is 0 Å². The Morgan fingerprint density at radius 3 is 2.65 bits per heavy atom. The fourth-order valence-corrected chi connectivity index (χ4v) is 3.19. The Morgan fingerprint density at radius 1 is 0.941 bits per heavy atom. The van der Waals surface area contributed by atoms with Gasteiger partial charge in [-0.15, -0.1) is 0 Å². The molecule has 0 spiro atoms. The maximum absolute atomic E-state index is 10.1. The Kier molecular flexibility index (Phi) is 5.26. The van der Waals surface area contributed by atoms with Crippen molar-refractivity contribution in [1.82, 2.24) is 10.2 Å². The molecule has 17 heavy (non-hydrogen) atoms. The molecule has 3 atom stereocenters. The van der Waals surface area contributed by atoms with Crippen molar-refractivity contribution in [2.45, 2.75) is 69.6 Å². The minimum atomic E-state index is -0.113. The van der Waals surface area contributed by atoms with Crippen LogP contribution in [-0.4, -0.2) is 48.3 Å². The van der Waals surface area contributed by atoms with Gasteiger partial charge in [-0.05, 0) is 52.2 Å². The van der Waals surface area contributed by atoms with Crippen LogP contribution in [0.4, 0.5) is 0 Å². The first-order chi connectivity index (χ1) is 8.25. The highest BCUT2D eigenvalue weighted by Crippen LogP contribution is 2.20. The van der Waals surface area contributed by atoms with Crippen molar-refractivity contribution in [3.63, 3.8) is 0 Å². The van der Waals surface area contributed by atoms with Gasteiger partial charge < -0.3 is 15.3 Å². The molecular weight excluding hydrogens is 212 g/mol. The normalized spacial score (nSPS) is 37.4. The fourth-order valence-electron chi connectivity index (χ4n) is 3.19. The first kappa shape index (κ1) is 13.3. The molecule has 0 radical (unpaired) electrons. The summed E-state index contributed by atoms with van der Waals surface area (Å²) in [7, 11) is 2.21. The molecule has 0 aromatic heterocycles. The molecule has 2 N–H and O–H groups in total. The van der Waals surface area contributed by atoms with Crippen molar-refractivity contribution in [3.8, 4) is 0 Å². The van der Waals surface area contributed by atoms with Crippen LogP contribution in [-0.2, 0) is 0 Å². The molecule has 1 heterocycles. The Hall–Kier alpha value is -0.120. The van der Waals surface area contributed by atoms with Crippen LogP contribution >= 0.6 is 0 Å². The van der Waals surface area contributed by atoms with Gasteiger partial charge in [-0.25, -0.2) is 0 Å². The molecule has 1 aliphatic heterocycles. The van der Waals surface area contributed by atoms with E-state index >= 15 is 0 Å².